The van der Waals surface area contributed by atoms with E-state index in [0.29, 0.717) is 0 Å². The minimum absolute atomic E-state index is 0.0459. The standard InChI is InChI=1S/C17H25N3O/c1-7-15(21-6)17-16(13(4)19-20(17)5)18-14-9-11(2)8-12(3)10-14/h8-10,15,18H,7H2,1-6H3/t15-/m0/s1. The van der Waals surface area contributed by atoms with Gasteiger partial charge in [0.25, 0.3) is 0 Å². The number of hydrogen-bond donors (Lipinski definition) is 1. The molecule has 4 nitrogen and oxygen atoms in total. The second kappa shape index (κ2) is 6.31. The molecule has 0 aliphatic rings. The normalized spacial score (nSPS) is 12.5. The molecule has 1 atom stereocenters. The summed E-state index contributed by atoms with van der Waals surface area (Å²) in [6.07, 6.45) is 0.960. The van der Waals surface area contributed by atoms with E-state index in [2.05, 4.69) is 49.4 Å². The van der Waals surface area contributed by atoms with Gasteiger partial charge in [0, 0.05) is 19.8 Å². The molecule has 1 aromatic heterocycles. The minimum atomic E-state index is 0.0459. The van der Waals surface area contributed by atoms with Crippen molar-refractivity contribution < 1.29 is 4.74 Å². The highest BCUT2D eigenvalue weighted by atomic mass is 16.5. The highest BCUT2D eigenvalue weighted by Gasteiger charge is 2.21. The summed E-state index contributed by atoms with van der Waals surface area (Å²) in [5.41, 5.74) is 6.73. The van der Waals surface area contributed by atoms with E-state index < -0.39 is 0 Å². The Balaban J connectivity index is 2.43. The Kier molecular flexibility index (Phi) is 4.68. The smallest absolute Gasteiger partial charge is 0.101 e. The molecule has 0 aliphatic heterocycles. The molecule has 0 amide bonds. The number of ether oxygens (including phenoxy) is 1. The van der Waals surface area contributed by atoms with E-state index in [1.165, 1.54) is 11.1 Å². The Bertz CT molecular complexity index is 607. The van der Waals surface area contributed by atoms with Crippen LogP contribution in [-0.2, 0) is 11.8 Å². The second-order valence-electron chi connectivity index (χ2n) is 5.60. The van der Waals surface area contributed by atoms with Crippen LogP contribution in [0.2, 0.25) is 0 Å². The Morgan fingerprint density at radius 1 is 1.19 bits per heavy atom. The predicted octanol–water partition coefficient (Wildman–Crippen LogP) is 4.19. The third kappa shape index (κ3) is 3.27. The molecule has 4 heteroatoms. The topological polar surface area (TPSA) is 39.1 Å². The third-order valence-electron chi connectivity index (χ3n) is 3.72. The van der Waals surface area contributed by atoms with Gasteiger partial charge in [-0.05, 0) is 50.5 Å². The van der Waals surface area contributed by atoms with Crippen LogP contribution in [0.25, 0.3) is 0 Å². The molecule has 114 valence electrons. The highest BCUT2D eigenvalue weighted by Crippen LogP contribution is 2.32. The number of nitrogens with one attached hydrogen (secondary N) is 1. The van der Waals surface area contributed by atoms with Gasteiger partial charge in [0.15, 0.2) is 0 Å². The number of benzene rings is 1. The van der Waals surface area contributed by atoms with Gasteiger partial charge < -0.3 is 10.1 Å². The number of rotatable bonds is 5. The van der Waals surface area contributed by atoms with Crippen LogP contribution in [0, 0.1) is 20.8 Å². The van der Waals surface area contributed by atoms with E-state index in [4.69, 9.17) is 4.74 Å². The van der Waals surface area contributed by atoms with Crippen molar-refractivity contribution in [3.8, 4) is 0 Å². The maximum Gasteiger partial charge on any atom is 0.101 e. The molecule has 0 unspecified atom stereocenters. The van der Waals surface area contributed by atoms with E-state index in [0.717, 1.165) is 29.2 Å². The first kappa shape index (κ1) is 15.6. The van der Waals surface area contributed by atoms with E-state index in [1.54, 1.807) is 7.11 Å². The molecule has 0 saturated carbocycles. The zero-order valence-electron chi connectivity index (χ0n) is 13.8. The lowest BCUT2D eigenvalue weighted by Gasteiger charge is -2.17. The van der Waals surface area contributed by atoms with Gasteiger partial charge in [-0.15, -0.1) is 0 Å². The SMILES string of the molecule is CC[C@H](OC)c1c(Nc2cc(C)cc(C)c2)c(C)nn1C. The molecule has 1 heterocycles. The van der Waals surface area contributed by atoms with Crippen LogP contribution in [0.5, 0.6) is 0 Å². The average molecular weight is 287 g/mol. The molecule has 0 fully saturated rings. The number of nitrogens with zero attached hydrogens (tertiary/aromatic N) is 2. The Labute approximate surface area is 127 Å². The molecule has 0 bridgehead atoms. The zero-order chi connectivity index (χ0) is 15.6. The van der Waals surface area contributed by atoms with Crippen molar-refractivity contribution in [2.24, 2.45) is 7.05 Å². The zero-order valence-corrected chi connectivity index (χ0v) is 13.8. The second-order valence-corrected chi connectivity index (χ2v) is 5.60. The first-order valence-electron chi connectivity index (χ1n) is 7.37. The van der Waals surface area contributed by atoms with E-state index in [1.807, 2.05) is 18.7 Å². The Morgan fingerprint density at radius 3 is 2.33 bits per heavy atom. The van der Waals surface area contributed by atoms with Gasteiger partial charge in [-0.1, -0.05) is 13.0 Å². The quantitative estimate of drug-likeness (QED) is 0.896. The van der Waals surface area contributed by atoms with Crippen molar-refractivity contribution in [3.63, 3.8) is 0 Å². The third-order valence-corrected chi connectivity index (χ3v) is 3.72. The molecule has 1 aromatic carbocycles. The Hall–Kier alpha value is -1.81. The van der Waals surface area contributed by atoms with Gasteiger partial charge in [0.1, 0.15) is 6.10 Å². The van der Waals surface area contributed by atoms with Gasteiger partial charge in [-0.25, -0.2) is 0 Å². The van der Waals surface area contributed by atoms with Crippen molar-refractivity contribution in [2.75, 3.05) is 12.4 Å². The van der Waals surface area contributed by atoms with Crippen LogP contribution in [0.1, 0.15) is 42.0 Å². The van der Waals surface area contributed by atoms with Crippen LogP contribution < -0.4 is 5.32 Å². The largest absolute Gasteiger partial charge is 0.375 e. The summed E-state index contributed by atoms with van der Waals surface area (Å²) in [5.74, 6) is 0. The van der Waals surface area contributed by atoms with Gasteiger partial charge in [-0.3, -0.25) is 4.68 Å². The summed E-state index contributed by atoms with van der Waals surface area (Å²) < 4.78 is 7.52. The number of anilines is 2. The maximum atomic E-state index is 5.60. The summed E-state index contributed by atoms with van der Waals surface area (Å²) >= 11 is 0. The number of aryl methyl sites for hydroxylation is 4. The Morgan fingerprint density at radius 2 is 1.81 bits per heavy atom. The summed E-state index contributed by atoms with van der Waals surface area (Å²) in [6, 6.07) is 6.47. The van der Waals surface area contributed by atoms with Crippen molar-refractivity contribution in [2.45, 2.75) is 40.2 Å². The molecular weight excluding hydrogens is 262 g/mol. The van der Waals surface area contributed by atoms with Crippen LogP contribution in [0.4, 0.5) is 11.4 Å². The summed E-state index contributed by atoms with van der Waals surface area (Å²) in [5, 5.41) is 8.07. The first-order chi connectivity index (χ1) is 9.96. The first-order valence-corrected chi connectivity index (χ1v) is 7.37. The van der Waals surface area contributed by atoms with Crippen LogP contribution in [-0.4, -0.2) is 16.9 Å². The molecule has 1 N–H and O–H groups in total. The van der Waals surface area contributed by atoms with Crippen molar-refractivity contribution in [1.29, 1.82) is 0 Å². The van der Waals surface area contributed by atoms with Crippen molar-refractivity contribution in [3.05, 3.63) is 40.7 Å². The highest BCUT2D eigenvalue weighted by molar-refractivity contribution is 5.66. The lowest BCUT2D eigenvalue weighted by molar-refractivity contribution is 0.0937. The number of aromatic nitrogens is 2. The fourth-order valence-electron chi connectivity index (χ4n) is 2.86. The van der Waals surface area contributed by atoms with Gasteiger partial charge in [-0.2, -0.15) is 5.10 Å². The van der Waals surface area contributed by atoms with E-state index >= 15 is 0 Å². The van der Waals surface area contributed by atoms with Gasteiger partial charge in [0.05, 0.1) is 17.1 Å². The molecule has 2 rings (SSSR count). The molecule has 0 spiro atoms. The molecule has 0 aliphatic carbocycles. The molecule has 2 aromatic rings. The van der Waals surface area contributed by atoms with Crippen molar-refractivity contribution in [1.82, 2.24) is 9.78 Å². The molecule has 0 radical (unpaired) electrons. The average Bonchev–Trinajstić information content (AvgIpc) is 2.66. The van der Waals surface area contributed by atoms with Crippen LogP contribution in [0.3, 0.4) is 0 Å². The lowest BCUT2D eigenvalue weighted by atomic mass is 10.1. The fraction of sp³-hybridized carbons (Fsp3) is 0.471. The van der Waals surface area contributed by atoms with Gasteiger partial charge >= 0.3 is 0 Å². The predicted molar refractivity (Wildman–Crippen MR) is 87.2 cm³/mol. The molecule has 21 heavy (non-hydrogen) atoms. The summed E-state index contributed by atoms with van der Waals surface area (Å²) in [7, 11) is 3.72. The summed E-state index contributed by atoms with van der Waals surface area (Å²) in [6.45, 7) is 8.37. The minimum Gasteiger partial charge on any atom is -0.375 e. The fourth-order valence-corrected chi connectivity index (χ4v) is 2.86. The van der Waals surface area contributed by atoms with Gasteiger partial charge in [0.2, 0.25) is 0 Å². The lowest BCUT2D eigenvalue weighted by Crippen LogP contribution is -2.09. The summed E-state index contributed by atoms with van der Waals surface area (Å²) in [4.78, 5) is 0. The molecule has 0 saturated heterocycles. The van der Waals surface area contributed by atoms with Crippen LogP contribution >= 0.6 is 0 Å². The number of hydrogen-bond acceptors (Lipinski definition) is 3. The van der Waals surface area contributed by atoms with Crippen molar-refractivity contribution >= 4 is 11.4 Å². The number of methoxy groups -OCH3 is 1. The van der Waals surface area contributed by atoms with E-state index in [-0.39, 0.29) is 6.10 Å². The maximum absolute atomic E-state index is 5.60. The monoisotopic (exact) mass is 287 g/mol. The van der Waals surface area contributed by atoms with Crippen LogP contribution in [0.15, 0.2) is 18.2 Å². The molecular formula is C17H25N3O. The van der Waals surface area contributed by atoms with E-state index in [9.17, 15) is 0 Å².